The molecular formula is C13H20ClN3. The van der Waals surface area contributed by atoms with E-state index in [1.165, 1.54) is 44.2 Å². The van der Waals surface area contributed by atoms with Gasteiger partial charge in [-0.1, -0.05) is 18.1 Å². The maximum Gasteiger partial charge on any atom is 0.101 e. The summed E-state index contributed by atoms with van der Waals surface area (Å²) in [5, 5.41) is 8.66. The van der Waals surface area contributed by atoms with Gasteiger partial charge in [0.05, 0.1) is 17.6 Å². The summed E-state index contributed by atoms with van der Waals surface area (Å²) in [6.45, 7) is 2.29. The van der Waals surface area contributed by atoms with Crippen molar-refractivity contribution in [1.29, 1.82) is 0 Å². The SMILES string of the molecule is CC(C1CCC1)n1nnc(CCl)c1C1CCC1. The van der Waals surface area contributed by atoms with Crippen molar-refractivity contribution in [3.05, 3.63) is 11.4 Å². The van der Waals surface area contributed by atoms with Crippen LogP contribution in [-0.2, 0) is 5.88 Å². The molecular weight excluding hydrogens is 234 g/mol. The van der Waals surface area contributed by atoms with Crippen molar-refractivity contribution in [2.75, 3.05) is 0 Å². The van der Waals surface area contributed by atoms with Crippen LogP contribution in [0.4, 0.5) is 0 Å². The Morgan fingerprint density at radius 3 is 2.47 bits per heavy atom. The van der Waals surface area contributed by atoms with E-state index >= 15 is 0 Å². The first kappa shape index (κ1) is 11.5. The van der Waals surface area contributed by atoms with Crippen LogP contribution >= 0.6 is 11.6 Å². The molecule has 94 valence electrons. The van der Waals surface area contributed by atoms with Crippen molar-refractivity contribution < 1.29 is 0 Å². The summed E-state index contributed by atoms with van der Waals surface area (Å²) in [6.07, 6.45) is 7.99. The average Bonchev–Trinajstić information content (AvgIpc) is 2.56. The van der Waals surface area contributed by atoms with E-state index in [0.717, 1.165) is 11.6 Å². The van der Waals surface area contributed by atoms with Gasteiger partial charge in [0.15, 0.2) is 0 Å². The van der Waals surface area contributed by atoms with Crippen molar-refractivity contribution in [1.82, 2.24) is 15.0 Å². The van der Waals surface area contributed by atoms with Gasteiger partial charge >= 0.3 is 0 Å². The van der Waals surface area contributed by atoms with Gasteiger partial charge in [0.25, 0.3) is 0 Å². The minimum absolute atomic E-state index is 0.503. The lowest BCUT2D eigenvalue weighted by atomic mass is 9.79. The monoisotopic (exact) mass is 253 g/mol. The molecule has 0 radical (unpaired) electrons. The molecule has 1 aromatic heterocycles. The number of rotatable bonds is 4. The number of hydrogen-bond acceptors (Lipinski definition) is 2. The van der Waals surface area contributed by atoms with Crippen LogP contribution in [0.5, 0.6) is 0 Å². The predicted octanol–water partition coefficient (Wildman–Crippen LogP) is 3.65. The smallest absolute Gasteiger partial charge is 0.101 e. The van der Waals surface area contributed by atoms with Gasteiger partial charge in [-0.05, 0) is 38.5 Å². The van der Waals surface area contributed by atoms with Gasteiger partial charge < -0.3 is 0 Å². The predicted molar refractivity (Wildman–Crippen MR) is 68.2 cm³/mol. The molecule has 3 nitrogen and oxygen atoms in total. The lowest BCUT2D eigenvalue weighted by Gasteiger charge is -2.34. The summed E-state index contributed by atoms with van der Waals surface area (Å²) in [6, 6.07) is 0.504. The van der Waals surface area contributed by atoms with Gasteiger partial charge in [-0.3, -0.25) is 0 Å². The molecule has 0 bridgehead atoms. The summed E-state index contributed by atoms with van der Waals surface area (Å²) in [7, 11) is 0. The molecule has 4 heteroatoms. The summed E-state index contributed by atoms with van der Waals surface area (Å²) >= 11 is 5.99. The van der Waals surface area contributed by atoms with Crippen LogP contribution in [0.25, 0.3) is 0 Å². The van der Waals surface area contributed by atoms with Crippen LogP contribution < -0.4 is 0 Å². The van der Waals surface area contributed by atoms with Crippen molar-refractivity contribution in [2.24, 2.45) is 5.92 Å². The normalized spacial score (nSPS) is 23.2. The third-order valence-electron chi connectivity index (χ3n) is 4.64. The Hall–Kier alpha value is -0.570. The molecule has 2 aliphatic rings. The van der Waals surface area contributed by atoms with Gasteiger partial charge in [0.1, 0.15) is 5.69 Å². The highest BCUT2D eigenvalue weighted by atomic mass is 35.5. The van der Waals surface area contributed by atoms with Crippen molar-refractivity contribution >= 4 is 11.6 Å². The molecule has 17 heavy (non-hydrogen) atoms. The Morgan fingerprint density at radius 2 is 2.00 bits per heavy atom. The largest absolute Gasteiger partial charge is 0.246 e. The van der Waals surface area contributed by atoms with Crippen LogP contribution in [0.15, 0.2) is 0 Å². The fourth-order valence-corrected chi connectivity index (χ4v) is 3.15. The van der Waals surface area contributed by atoms with Gasteiger partial charge in [-0.25, -0.2) is 4.68 Å². The van der Waals surface area contributed by atoms with E-state index in [1.54, 1.807) is 0 Å². The Kier molecular flexibility index (Phi) is 3.12. The summed E-state index contributed by atoms with van der Waals surface area (Å²) in [5.74, 6) is 1.98. The highest BCUT2D eigenvalue weighted by molar-refractivity contribution is 6.16. The maximum atomic E-state index is 5.99. The summed E-state index contributed by atoms with van der Waals surface area (Å²) < 4.78 is 2.19. The molecule has 0 aromatic carbocycles. The highest BCUT2D eigenvalue weighted by Crippen LogP contribution is 2.42. The molecule has 1 unspecified atom stereocenters. The quantitative estimate of drug-likeness (QED) is 0.767. The number of nitrogens with zero attached hydrogens (tertiary/aromatic N) is 3. The third kappa shape index (κ3) is 1.88. The van der Waals surface area contributed by atoms with Crippen LogP contribution in [0.1, 0.15) is 68.8 Å². The molecule has 0 N–H and O–H groups in total. The van der Waals surface area contributed by atoms with Crippen LogP contribution in [0, 0.1) is 5.92 Å². The van der Waals surface area contributed by atoms with E-state index in [9.17, 15) is 0 Å². The highest BCUT2D eigenvalue weighted by Gasteiger charge is 2.32. The fraction of sp³-hybridized carbons (Fsp3) is 0.846. The first-order chi connectivity index (χ1) is 8.31. The van der Waals surface area contributed by atoms with Crippen LogP contribution in [-0.4, -0.2) is 15.0 Å². The Bertz CT molecular complexity index is 393. The number of halogens is 1. The zero-order valence-corrected chi connectivity index (χ0v) is 11.2. The maximum absolute atomic E-state index is 5.99. The molecule has 3 rings (SSSR count). The lowest BCUT2D eigenvalue weighted by Crippen LogP contribution is -2.27. The molecule has 1 atom stereocenters. The molecule has 2 saturated carbocycles. The molecule has 1 aromatic rings. The lowest BCUT2D eigenvalue weighted by molar-refractivity contribution is 0.199. The van der Waals surface area contributed by atoms with E-state index in [4.69, 9.17) is 11.6 Å². The molecule has 0 amide bonds. The first-order valence-corrected chi connectivity index (χ1v) is 7.34. The molecule has 0 saturated heterocycles. The van der Waals surface area contributed by atoms with Gasteiger partial charge in [0, 0.05) is 5.92 Å². The molecule has 1 heterocycles. The Labute approximate surface area is 108 Å². The second kappa shape index (κ2) is 4.60. The van der Waals surface area contributed by atoms with Gasteiger partial charge in [-0.2, -0.15) is 0 Å². The second-order valence-corrected chi connectivity index (χ2v) is 5.83. The topological polar surface area (TPSA) is 30.7 Å². The number of alkyl halides is 1. The van der Waals surface area contributed by atoms with Crippen molar-refractivity contribution in [2.45, 2.75) is 63.3 Å². The average molecular weight is 254 g/mol. The minimum Gasteiger partial charge on any atom is -0.246 e. The summed E-state index contributed by atoms with van der Waals surface area (Å²) in [4.78, 5) is 0. The van der Waals surface area contributed by atoms with E-state index in [2.05, 4.69) is 21.9 Å². The molecule has 2 fully saturated rings. The second-order valence-electron chi connectivity index (χ2n) is 5.56. The number of hydrogen-bond donors (Lipinski definition) is 0. The van der Waals surface area contributed by atoms with Crippen molar-refractivity contribution in [3.63, 3.8) is 0 Å². The third-order valence-corrected chi connectivity index (χ3v) is 4.89. The van der Waals surface area contributed by atoms with Gasteiger partial charge in [0.2, 0.25) is 0 Å². The van der Waals surface area contributed by atoms with E-state index < -0.39 is 0 Å². The minimum atomic E-state index is 0.503. The van der Waals surface area contributed by atoms with Crippen LogP contribution in [0.2, 0.25) is 0 Å². The van der Waals surface area contributed by atoms with E-state index in [-0.39, 0.29) is 0 Å². The zero-order valence-electron chi connectivity index (χ0n) is 10.4. The molecule has 0 aliphatic heterocycles. The van der Waals surface area contributed by atoms with Crippen molar-refractivity contribution in [3.8, 4) is 0 Å². The van der Waals surface area contributed by atoms with E-state index in [0.29, 0.717) is 17.8 Å². The molecule has 2 aliphatic carbocycles. The molecule has 0 spiro atoms. The van der Waals surface area contributed by atoms with Gasteiger partial charge in [-0.15, -0.1) is 16.7 Å². The fourth-order valence-electron chi connectivity index (χ4n) is 2.96. The van der Waals surface area contributed by atoms with E-state index in [1.807, 2.05) is 0 Å². The zero-order chi connectivity index (χ0) is 11.8. The Balaban J connectivity index is 1.88. The standard InChI is InChI=1S/C13H20ClN3/c1-9(10-4-2-5-10)17-13(11-6-3-7-11)12(8-14)15-16-17/h9-11H,2-8H2,1H3. The Morgan fingerprint density at radius 1 is 1.29 bits per heavy atom. The number of aromatic nitrogens is 3. The van der Waals surface area contributed by atoms with Crippen LogP contribution in [0.3, 0.4) is 0 Å². The first-order valence-electron chi connectivity index (χ1n) is 6.81. The summed E-state index contributed by atoms with van der Waals surface area (Å²) in [5.41, 5.74) is 2.35.